The number of aromatic hydroxyl groups is 1. The molecule has 0 saturated heterocycles. The van der Waals surface area contributed by atoms with E-state index < -0.39 is 0 Å². The zero-order valence-electron chi connectivity index (χ0n) is 14.9. The molecule has 130 valence electrons. The molecule has 0 saturated carbocycles. The van der Waals surface area contributed by atoms with Crippen LogP contribution in [0.1, 0.15) is 30.9 Å². The summed E-state index contributed by atoms with van der Waals surface area (Å²) in [6.07, 6.45) is 4.43. The van der Waals surface area contributed by atoms with E-state index >= 15 is 0 Å². The van der Waals surface area contributed by atoms with Gasteiger partial charge < -0.3 is 14.7 Å². The maximum Gasteiger partial charge on any atom is 0.119 e. The number of phenolic OH excluding ortho intramolecular Hbond substituents is 1. The third kappa shape index (κ3) is 6.25. The number of hydrogen-bond acceptors (Lipinski definition) is 3. The van der Waals surface area contributed by atoms with E-state index in [-0.39, 0.29) is 0 Å². The first-order valence-corrected chi connectivity index (χ1v) is 8.84. The van der Waals surface area contributed by atoms with E-state index in [1.165, 1.54) is 24.0 Å². The number of benzene rings is 2. The van der Waals surface area contributed by atoms with E-state index in [4.69, 9.17) is 4.74 Å². The third-order valence-corrected chi connectivity index (χ3v) is 4.31. The lowest BCUT2D eigenvalue weighted by Crippen LogP contribution is -2.29. The fraction of sp³-hybridized carbons (Fsp3) is 0.429. The van der Waals surface area contributed by atoms with Gasteiger partial charge in [0.1, 0.15) is 11.5 Å². The molecule has 3 heteroatoms. The fourth-order valence-corrected chi connectivity index (χ4v) is 2.83. The Labute approximate surface area is 145 Å². The Morgan fingerprint density at radius 3 is 2.21 bits per heavy atom. The van der Waals surface area contributed by atoms with Crippen molar-refractivity contribution < 1.29 is 9.84 Å². The van der Waals surface area contributed by atoms with Crippen molar-refractivity contribution in [3.05, 3.63) is 59.7 Å². The van der Waals surface area contributed by atoms with Gasteiger partial charge in [0.2, 0.25) is 0 Å². The molecule has 0 unspecified atom stereocenters. The van der Waals surface area contributed by atoms with Gasteiger partial charge >= 0.3 is 0 Å². The van der Waals surface area contributed by atoms with E-state index in [0.717, 1.165) is 38.2 Å². The average Bonchev–Trinajstić information content (AvgIpc) is 2.61. The molecule has 0 heterocycles. The Bertz CT molecular complexity index is 612. The summed E-state index contributed by atoms with van der Waals surface area (Å²) in [5.41, 5.74) is 2.51. The summed E-state index contributed by atoms with van der Waals surface area (Å²) in [5.74, 6) is 1.27. The van der Waals surface area contributed by atoms with E-state index in [1.807, 2.05) is 18.2 Å². The van der Waals surface area contributed by atoms with Gasteiger partial charge in [-0.15, -0.1) is 0 Å². The number of ether oxygens (including phenoxy) is 1. The molecule has 0 aliphatic rings. The van der Waals surface area contributed by atoms with E-state index in [9.17, 15) is 5.11 Å². The minimum Gasteiger partial charge on any atom is -0.508 e. The second kappa shape index (κ2) is 9.99. The average molecular weight is 327 g/mol. The van der Waals surface area contributed by atoms with Gasteiger partial charge in [-0.05, 0) is 61.2 Å². The topological polar surface area (TPSA) is 32.7 Å². The van der Waals surface area contributed by atoms with Gasteiger partial charge in [0.15, 0.2) is 0 Å². The fourth-order valence-electron chi connectivity index (χ4n) is 2.83. The molecule has 1 N–H and O–H groups in total. The molecule has 2 aromatic carbocycles. The number of rotatable bonds is 10. The molecule has 0 atom stereocenters. The van der Waals surface area contributed by atoms with Crippen molar-refractivity contribution in [1.82, 2.24) is 4.90 Å². The van der Waals surface area contributed by atoms with Crippen LogP contribution in [-0.2, 0) is 12.8 Å². The van der Waals surface area contributed by atoms with Gasteiger partial charge in [0.05, 0.1) is 7.11 Å². The van der Waals surface area contributed by atoms with E-state index in [1.54, 1.807) is 13.2 Å². The Kier molecular flexibility index (Phi) is 7.63. The van der Waals surface area contributed by atoms with Crippen LogP contribution in [-0.4, -0.2) is 36.8 Å². The zero-order chi connectivity index (χ0) is 17.2. The van der Waals surface area contributed by atoms with Crippen molar-refractivity contribution in [3.63, 3.8) is 0 Å². The van der Waals surface area contributed by atoms with Crippen molar-refractivity contribution in [3.8, 4) is 11.5 Å². The lowest BCUT2D eigenvalue weighted by molar-refractivity contribution is 0.275. The van der Waals surface area contributed by atoms with E-state index in [0.29, 0.717) is 5.75 Å². The van der Waals surface area contributed by atoms with Crippen LogP contribution in [0.5, 0.6) is 11.5 Å². The van der Waals surface area contributed by atoms with Crippen LogP contribution in [0.25, 0.3) is 0 Å². The predicted octanol–water partition coefficient (Wildman–Crippen LogP) is 4.29. The highest BCUT2D eigenvalue weighted by Gasteiger charge is 2.06. The lowest BCUT2D eigenvalue weighted by Gasteiger charge is -2.22. The van der Waals surface area contributed by atoms with Crippen molar-refractivity contribution in [1.29, 1.82) is 0 Å². The maximum atomic E-state index is 9.60. The van der Waals surface area contributed by atoms with Crippen LogP contribution in [0, 0.1) is 0 Å². The number of nitrogens with zero attached hydrogens (tertiary/aromatic N) is 1. The highest BCUT2D eigenvalue weighted by Crippen LogP contribution is 2.15. The largest absolute Gasteiger partial charge is 0.508 e. The minimum atomic E-state index is 0.351. The molecule has 2 aromatic rings. The predicted molar refractivity (Wildman–Crippen MR) is 99.9 cm³/mol. The molecule has 0 fully saturated rings. The van der Waals surface area contributed by atoms with Gasteiger partial charge in [-0.1, -0.05) is 37.6 Å². The van der Waals surface area contributed by atoms with Crippen LogP contribution < -0.4 is 4.74 Å². The summed E-state index contributed by atoms with van der Waals surface area (Å²) in [6, 6.07) is 15.9. The highest BCUT2D eigenvalue weighted by molar-refractivity contribution is 5.29. The highest BCUT2D eigenvalue weighted by atomic mass is 16.5. The summed E-state index contributed by atoms with van der Waals surface area (Å²) < 4.78 is 5.31. The van der Waals surface area contributed by atoms with Gasteiger partial charge in [0, 0.05) is 13.1 Å². The lowest BCUT2D eigenvalue weighted by atomic mass is 10.1. The van der Waals surface area contributed by atoms with Crippen LogP contribution in [0.3, 0.4) is 0 Å². The molecule has 0 radical (unpaired) electrons. The molecule has 0 aromatic heterocycles. The third-order valence-electron chi connectivity index (χ3n) is 4.31. The Morgan fingerprint density at radius 2 is 1.58 bits per heavy atom. The SMILES string of the molecule is CCCCN(CCc1cccc(O)c1)CCc1cccc(OC)c1. The molecule has 0 spiro atoms. The Balaban J connectivity index is 1.89. The molecular weight excluding hydrogens is 298 g/mol. The summed E-state index contributed by atoms with van der Waals surface area (Å²) in [7, 11) is 1.71. The number of hydrogen-bond donors (Lipinski definition) is 1. The van der Waals surface area contributed by atoms with Crippen molar-refractivity contribution in [2.45, 2.75) is 32.6 Å². The molecule has 0 amide bonds. The van der Waals surface area contributed by atoms with Crippen molar-refractivity contribution in [2.24, 2.45) is 0 Å². The Morgan fingerprint density at radius 1 is 0.917 bits per heavy atom. The molecular formula is C21H29NO2. The summed E-state index contributed by atoms with van der Waals surface area (Å²) in [6.45, 7) is 5.42. The standard InChI is InChI=1S/C21H29NO2/c1-3-4-13-22(14-11-18-7-5-9-20(23)16-18)15-12-19-8-6-10-21(17-19)24-2/h5-10,16-17,23H,3-4,11-15H2,1-2H3. The van der Waals surface area contributed by atoms with E-state index in [2.05, 4.69) is 36.1 Å². The molecule has 3 nitrogen and oxygen atoms in total. The molecule has 0 bridgehead atoms. The number of unbranched alkanes of at least 4 members (excludes halogenated alkanes) is 1. The summed E-state index contributed by atoms with van der Waals surface area (Å²) in [4.78, 5) is 2.52. The van der Waals surface area contributed by atoms with Gasteiger partial charge in [-0.3, -0.25) is 0 Å². The molecule has 0 aliphatic carbocycles. The number of phenols is 1. The molecule has 24 heavy (non-hydrogen) atoms. The van der Waals surface area contributed by atoms with Gasteiger partial charge in [0.25, 0.3) is 0 Å². The van der Waals surface area contributed by atoms with Crippen molar-refractivity contribution in [2.75, 3.05) is 26.7 Å². The molecule has 2 rings (SSSR count). The summed E-state index contributed by atoms with van der Waals surface area (Å²) in [5, 5.41) is 9.60. The Hall–Kier alpha value is -2.00. The normalized spacial score (nSPS) is 11.0. The van der Waals surface area contributed by atoms with Gasteiger partial charge in [-0.25, -0.2) is 0 Å². The van der Waals surface area contributed by atoms with Crippen molar-refractivity contribution >= 4 is 0 Å². The number of methoxy groups -OCH3 is 1. The quantitative estimate of drug-likeness (QED) is 0.706. The van der Waals surface area contributed by atoms with Crippen LogP contribution in [0.15, 0.2) is 48.5 Å². The first-order valence-electron chi connectivity index (χ1n) is 8.84. The minimum absolute atomic E-state index is 0.351. The second-order valence-corrected chi connectivity index (χ2v) is 6.22. The first-order chi connectivity index (χ1) is 11.7. The van der Waals surface area contributed by atoms with Gasteiger partial charge in [-0.2, -0.15) is 0 Å². The monoisotopic (exact) mass is 327 g/mol. The van der Waals surface area contributed by atoms with Crippen LogP contribution >= 0.6 is 0 Å². The maximum absolute atomic E-state index is 9.60. The first kappa shape index (κ1) is 18.3. The zero-order valence-corrected chi connectivity index (χ0v) is 14.9. The van der Waals surface area contributed by atoms with Crippen LogP contribution in [0.2, 0.25) is 0 Å². The molecule has 0 aliphatic heterocycles. The van der Waals surface area contributed by atoms with Crippen LogP contribution in [0.4, 0.5) is 0 Å². The smallest absolute Gasteiger partial charge is 0.119 e. The summed E-state index contributed by atoms with van der Waals surface area (Å²) >= 11 is 0. The second-order valence-electron chi connectivity index (χ2n) is 6.22.